The van der Waals surface area contributed by atoms with Crippen LogP contribution < -0.4 is 14.8 Å². The highest BCUT2D eigenvalue weighted by molar-refractivity contribution is 5.78. The van der Waals surface area contributed by atoms with E-state index in [4.69, 9.17) is 9.47 Å². The van der Waals surface area contributed by atoms with E-state index in [0.717, 1.165) is 5.56 Å². The predicted octanol–water partition coefficient (Wildman–Crippen LogP) is 2.56. The van der Waals surface area contributed by atoms with Gasteiger partial charge in [0.25, 0.3) is 0 Å². The molecule has 28 heavy (non-hydrogen) atoms. The van der Waals surface area contributed by atoms with Gasteiger partial charge in [-0.25, -0.2) is 0 Å². The second-order valence-corrected chi connectivity index (χ2v) is 6.17. The average Bonchev–Trinajstić information content (AvgIpc) is 2.91. The standard InChI is InChI=1S/C19H26N4O5/c1-5-27-16-8-7-15(11-17(16)28-6-2)12-18(24)20-9-10-22-14(4)19(23(25)26)13(3)21-22/h7-8,11H,5-6,9-10,12H2,1-4H3,(H,20,24). The van der Waals surface area contributed by atoms with E-state index in [9.17, 15) is 14.9 Å². The fourth-order valence-electron chi connectivity index (χ4n) is 2.92. The van der Waals surface area contributed by atoms with Crippen LogP contribution >= 0.6 is 0 Å². The number of nitro groups is 1. The largest absolute Gasteiger partial charge is 0.490 e. The van der Waals surface area contributed by atoms with Gasteiger partial charge < -0.3 is 14.8 Å². The van der Waals surface area contributed by atoms with Crippen LogP contribution in [0, 0.1) is 24.0 Å². The highest BCUT2D eigenvalue weighted by atomic mass is 16.6. The van der Waals surface area contributed by atoms with Crippen molar-refractivity contribution in [2.75, 3.05) is 19.8 Å². The van der Waals surface area contributed by atoms with Gasteiger partial charge in [0, 0.05) is 6.54 Å². The Balaban J connectivity index is 1.93. The Morgan fingerprint density at radius 1 is 1.21 bits per heavy atom. The predicted molar refractivity (Wildman–Crippen MR) is 104 cm³/mol. The summed E-state index contributed by atoms with van der Waals surface area (Å²) < 4.78 is 12.6. The van der Waals surface area contributed by atoms with Gasteiger partial charge in [0.15, 0.2) is 11.5 Å². The van der Waals surface area contributed by atoms with Gasteiger partial charge in [-0.1, -0.05) is 6.07 Å². The Hall–Kier alpha value is -3.10. The molecule has 9 nitrogen and oxygen atoms in total. The summed E-state index contributed by atoms with van der Waals surface area (Å²) in [6.07, 6.45) is 0.198. The number of aromatic nitrogens is 2. The summed E-state index contributed by atoms with van der Waals surface area (Å²) in [5.74, 6) is 1.12. The van der Waals surface area contributed by atoms with Gasteiger partial charge in [-0.2, -0.15) is 5.10 Å². The molecule has 1 N–H and O–H groups in total. The van der Waals surface area contributed by atoms with Crippen molar-refractivity contribution in [1.82, 2.24) is 15.1 Å². The maximum atomic E-state index is 12.2. The zero-order valence-electron chi connectivity index (χ0n) is 16.7. The van der Waals surface area contributed by atoms with Crippen molar-refractivity contribution in [2.24, 2.45) is 0 Å². The summed E-state index contributed by atoms with van der Waals surface area (Å²) in [6.45, 7) is 8.76. The Labute approximate surface area is 163 Å². The van der Waals surface area contributed by atoms with Crippen molar-refractivity contribution in [3.8, 4) is 11.5 Å². The Morgan fingerprint density at radius 3 is 2.50 bits per heavy atom. The topological polar surface area (TPSA) is 109 Å². The quantitative estimate of drug-likeness (QED) is 0.493. The van der Waals surface area contributed by atoms with Crippen LogP contribution in [0.1, 0.15) is 30.8 Å². The van der Waals surface area contributed by atoms with Gasteiger partial charge >= 0.3 is 5.69 Å². The van der Waals surface area contributed by atoms with E-state index in [1.54, 1.807) is 26.0 Å². The normalized spacial score (nSPS) is 10.6. The second-order valence-electron chi connectivity index (χ2n) is 6.17. The monoisotopic (exact) mass is 390 g/mol. The SMILES string of the molecule is CCOc1ccc(CC(=O)NCCn2nc(C)c([N+](=O)[O-])c2C)cc1OCC. The molecular formula is C19H26N4O5. The number of rotatable bonds is 10. The minimum absolute atomic E-state index is 0.0177. The molecule has 152 valence electrons. The fraction of sp³-hybridized carbons (Fsp3) is 0.474. The highest BCUT2D eigenvalue weighted by Gasteiger charge is 2.21. The number of amides is 1. The minimum Gasteiger partial charge on any atom is -0.490 e. The van der Waals surface area contributed by atoms with Crippen LogP contribution in [0.3, 0.4) is 0 Å². The van der Waals surface area contributed by atoms with Crippen molar-refractivity contribution in [3.05, 3.63) is 45.3 Å². The number of nitrogens with zero attached hydrogens (tertiary/aromatic N) is 3. The summed E-state index contributed by atoms with van der Waals surface area (Å²) in [5, 5.41) is 18.0. The minimum atomic E-state index is -0.436. The van der Waals surface area contributed by atoms with Gasteiger partial charge in [-0.3, -0.25) is 19.6 Å². The number of benzene rings is 1. The molecule has 0 saturated carbocycles. The van der Waals surface area contributed by atoms with E-state index in [1.165, 1.54) is 4.68 Å². The third-order valence-corrected chi connectivity index (χ3v) is 4.14. The molecule has 0 fully saturated rings. The maximum Gasteiger partial charge on any atom is 0.312 e. The van der Waals surface area contributed by atoms with Crippen LogP contribution in [0.25, 0.3) is 0 Å². The highest BCUT2D eigenvalue weighted by Crippen LogP contribution is 2.28. The third-order valence-electron chi connectivity index (χ3n) is 4.14. The van der Waals surface area contributed by atoms with Crippen LogP contribution in [-0.2, 0) is 17.8 Å². The van der Waals surface area contributed by atoms with E-state index >= 15 is 0 Å². The Bertz CT molecular complexity index is 847. The zero-order chi connectivity index (χ0) is 20.7. The van der Waals surface area contributed by atoms with Crippen molar-refractivity contribution in [1.29, 1.82) is 0 Å². The van der Waals surface area contributed by atoms with E-state index < -0.39 is 4.92 Å². The first-order valence-corrected chi connectivity index (χ1v) is 9.20. The first-order valence-electron chi connectivity index (χ1n) is 9.20. The van der Waals surface area contributed by atoms with Gasteiger partial charge in [-0.05, 0) is 45.4 Å². The maximum absolute atomic E-state index is 12.2. The molecule has 0 aliphatic carbocycles. The second kappa shape index (κ2) is 9.72. The summed E-state index contributed by atoms with van der Waals surface area (Å²) in [4.78, 5) is 22.8. The molecule has 2 rings (SSSR count). The molecule has 9 heteroatoms. The van der Waals surface area contributed by atoms with Crippen molar-refractivity contribution >= 4 is 11.6 Å². The van der Waals surface area contributed by atoms with E-state index in [0.29, 0.717) is 49.2 Å². The van der Waals surface area contributed by atoms with Gasteiger partial charge in [0.1, 0.15) is 11.4 Å². The molecule has 0 bridgehead atoms. The third kappa shape index (κ3) is 5.21. The molecule has 0 spiro atoms. The molecule has 1 aromatic heterocycles. The van der Waals surface area contributed by atoms with Crippen LogP contribution in [0.2, 0.25) is 0 Å². The van der Waals surface area contributed by atoms with Crippen LogP contribution in [-0.4, -0.2) is 40.4 Å². The van der Waals surface area contributed by atoms with E-state index in [2.05, 4.69) is 10.4 Å². The van der Waals surface area contributed by atoms with Crippen LogP contribution in [0.15, 0.2) is 18.2 Å². The van der Waals surface area contributed by atoms with Crippen molar-refractivity contribution in [2.45, 2.75) is 40.7 Å². The van der Waals surface area contributed by atoms with E-state index in [-0.39, 0.29) is 18.0 Å². The fourth-order valence-corrected chi connectivity index (χ4v) is 2.92. The Morgan fingerprint density at radius 2 is 1.89 bits per heavy atom. The zero-order valence-corrected chi connectivity index (χ0v) is 16.7. The first kappa shape index (κ1) is 21.2. The average molecular weight is 390 g/mol. The molecule has 1 aromatic carbocycles. The Kier molecular flexibility index (Phi) is 7.36. The number of aryl methyl sites for hydroxylation is 1. The molecular weight excluding hydrogens is 364 g/mol. The molecule has 0 unspecified atom stereocenters. The molecule has 0 atom stereocenters. The van der Waals surface area contributed by atoms with Gasteiger partial charge in [0.2, 0.25) is 5.91 Å². The molecule has 2 aromatic rings. The smallest absolute Gasteiger partial charge is 0.312 e. The van der Waals surface area contributed by atoms with Crippen LogP contribution in [0.4, 0.5) is 5.69 Å². The summed E-state index contributed by atoms with van der Waals surface area (Å²) >= 11 is 0. The number of carbonyl (C=O) groups is 1. The van der Waals surface area contributed by atoms with Gasteiger partial charge in [0.05, 0.1) is 31.1 Å². The van der Waals surface area contributed by atoms with E-state index in [1.807, 2.05) is 19.9 Å². The summed E-state index contributed by atoms with van der Waals surface area (Å²) in [6, 6.07) is 5.43. The first-order chi connectivity index (χ1) is 13.4. The number of hydrogen-bond acceptors (Lipinski definition) is 6. The lowest BCUT2D eigenvalue weighted by molar-refractivity contribution is -0.386. The van der Waals surface area contributed by atoms with Crippen molar-refractivity contribution < 1.29 is 19.2 Å². The molecule has 0 saturated heterocycles. The lowest BCUT2D eigenvalue weighted by Crippen LogP contribution is -2.29. The summed E-state index contributed by atoms with van der Waals surface area (Å²) in [7, 11) is 0. The lowest BCUT2D eigenvalue weighted by atomic mass is 10.1. The summed E-state index contributed by atoms with van der Waals surface area (Å²) in [5.41, 5.74) is 1.67. The molecule has 0 aliphatic rings. The van der Waals surface area contributed by atoms with Gasteiger partial charge in [-0.15, -0.1) is 0 Å². The number of carbonyl (C=O) groups excluding carboxylic acids is 1. The number of hydrogen-bond donors (Lipinski definition) is 1. The molecule has 1 amide bonds. The molecule has 0 radical (unpaired) electrons. The van der Waals surface area contributed by atoms with Crippen molar-refractivity contribution in [3.63, 3.8) is 0 Å². The lowest BCUT2D eigenvalue weighted by Gasteiger charge is -2.12. The number of ether oxygens (including phenoxy) is 2. The molecule has 1 heterocycles. The number of nitrogens with one attached hydrogen (secondary N) is 1. The van der Waals surface area contributed by atoms with Crippen LogP contribution in [0.5, 0.6) is 11.5 Å². The molecule has 0 aliphatic heterocycles.